The topological polar surface area (TPSA) is 88.4 Å². The molecule has 2 aliphatic heterocycles. The van der Waals surface area contributed by atoms with Gasteiger partial charge in [0.25, 0.3) is 5.91 Å². The molecule has 1 N–H and O–H groups in total. The van der Waals surface area contributed by atoms with Crippen LogP contribution in [-0.2, 0) is 25.0 Å². The summed E-state index contributed by atoms with van der Waals surface area (Å²) in [5.41, 5.74) is 1.05. The molecule has 0 aromatic heterocycles. The molecular formula is C19H28N3O5S+. The average Bonchev–Trinajstić information content (AvgIpc) is 3.08. The molecule has 154 valence electrons. The lowest BCUT2D eigenvalue weighted by Crippen LogP contribution is -3.15. The van der Waals surface area contributed by atoms with Gasteiger partial charge in [0, 0.05) is 0 Å². The van der Waals surface area contributed by atoms with Crippen molar-refractivity contribution in [2.24, 2.45) is 0 Å². The summed E-state index contributed by atoms with van der Waals surface area (Å²) in [5.74, 6) is -0.272. The van der Waals surface area contributed by atoms with Gasteiger partial charge < -0.3 is 9.64 Å². The number of hydrogen-bond donors (Lipinski definition) is 1. The Kier molecular flexibility index (Phi) is 5.79. The molecule has 1 aromatic carbocycles. The summed E-state index contributed by atoms with van der Waals surface area (Å²) in [4.78, 5) is 26.1. The minimum absolute atomic E-state index is 0.0361. The number of cyclic esters (lactones) is 1. The highest BCUT2D eigenvalue weighted by atomic mass is 32.2. The number of nitrogens with zero attached hydrogens (tertiary/aromatic N) is 2. The number of sulfonamides is 1. The number of benzene rings is 1. The van der Waals surface area contributed by atoms with Gasteiger partial charge in [0.1, 0.15) is 6.61 Å². The first-order valence-corrected chi connectivity index (χ1v) is 10.9. The largest absolute Gasteiger partial charge is 0.447 e. The lowest BCUT2D eigenvalue weighted by Gasteiger charge is -2.31. The first-order chi connectivity index (χ1) is 13.1. The highest BCUT2D eigenvalue weighted by molar-refractivity contribution is 7.89. The Morgan fingerprint density at radius 3 is 2.21 bits per heavy atom. The molecule has 28 heavy (non-hydrogen) atoms. The third kappa shape index (κ3) is 4.37. The van der Waals surface area contributed by atoms with E-state index in [1.807, 2.05) is 12.1 Å². The monoisotopic (exact) mass is 410 g/mol. The molecule has 1 aromatic rings. The van der Waals surface area contributed by atoms with Crippen molar-refractivity contribution in [3.63, 3.8) is 0 Å². The number of quaternary nitrogens is 1. The standard InChI is InChI=1S/C19H27N3O5S/c1-19(2,3)15-4-6-16(7-5-15)28(25,26)21-10-8-20(9-11-21)14-17(23)22-12-13-27-18(22)24/h4-7H,8-14H2,1-3H3/p+1. The Morgan fingerprint density at radius 2 is 1.71 bits per heavy atom. The predicted molar refractivity (Wildman–Crippen MR) is 103 cm³/mol. The van der Waals surface area contributed by atoms with Crippen LogP contribution in [0.25, 0.3) is 0 Å². The van der Waals surface area contributed by atoms with E-state index in [9.17, 15) is 18.0 Å². The summed E-state index contributed by atoms with van der Waals surface area (Å²) in [6.45, 7) is 8.68. The zero-order valence-electron chi connectivity index (χ0n) is 16.6. The number of amides is 2. The molecule has 8 nitrogen and oxygen atoms in total. The highest BCUT2D eigenvalue weighted by Crippen LogP contribution is 2.24. The summed E-state index contributed by atoms with van der Waals surface area (Å²) in [6.07, 6.45) is -0.593. The number of carbonyl (C=O) groups is 2. The van der Waals surface area contributed by atoms with Crippen molar-refractivity contribution >= 4 is 22.0 Å². The number of rotatable bonds is 4. The molecule has 3 rings (SSSR count). The number of hydrogen-bond acceptors (Lipinski definition) is 5. The molecular weight excluding hydrogens is 382 g/mol. The van der Waals surface area contributed by atoms with Crippen molar-refractivity contribution in [2.75, 3.05) is 45.9 Å². The van der Waals surface area contributed by atoms with Crippen LogP contribution in [0.4, 0.5) is 4.79 Å². The highest BCUT2D eigenvalue weighted by Gasteiger charge is 2.34. The summed E-state index contributed by atoms with van der Waals surface area (Å²) >= 11 is 0. The van der Waals surface area contributed by atoms with E-state index in [2.05, 4.69) is 20.8 Å². The average molecular weight is 411 g/mol. The molecule has 0 spiro atoms. The van der Waals surface area contributed by atoms with Crippen molar-refractivity contribution < 1.29 is 27.6 Å². The lowest BCUT2D eigenvalue weighted by atomic mass is 9.87. The van der Waals surface area contributed by atoms with Crippen LogP contribution in [0.2, 0.25) is 0 Å². The van der Waals surface area contributed by atoms with Gasteiger partial charge in [-0.25, -0.2) is 18.1 Å². The summed E-state index contributed by atoms with van der Waals surface area (Å²) < 4.78 is 32.1. The van der Waals surface area contributed by atoms with E-state index in [-0.39, 0.29) is 31.0 Å². The zero-order valence-corrected chi connectivity index (χ0v) is 17.4. The summed E-state index contributed by atoms with van der Waals surface area (Å²) in [6, 6.07) is 7.06. The SMILES string of the molecule is CC(C)(C)c1ccc(S(=O)(=O)N2CC[NH+](CC(=O)N3CCOC3=O)CC2)cc1. The van der Waals surface area contributed by atoms with Gasteiger partial charge in [-0.2, -0.15) is 4.31 Å². The predicted octanol–water partition coefficient (Wildman–Crippen LogP) is -0.148. The van der Waals surface area contributed by atoms with Crippen LogP contribution in [0.1, 0.15) is 26.3 Å². The van der Waals surface area contributed by atoms with Crippen LogP contribution < -0.4 is 4.90 Å². The van der Waals surface area contributed by atoms with Crippen molar-refractivity contribution in [2.45, 2.75) is 31.1 Å². The van der Waals surface area contributed by atoms with Crippen LogP contribution in [0.15, 0.2) is 29.2 Å². The fraction of sp³-hybridized carbons (Fsp3) is 0.579. The summed E-state index contributed by atoms with van der Waals surface area (Å²) in [7, 11) is -3.55. The Bertz CT molecular complexity index is 837. The quantitative estimate of drug-likeness (QED) is 0.746. The van der Waals surface area contributed by atoms with Crippen LogP contribution in [-0.4, -0.2) is 75.5 Å². The molecule has 2 saturated heterocycles. The number of nitrogens with one attached hydrogen (secondary N) is 1. The molecule has 0 bridgehead atoms. The van der Waals surface area contributed by atoms with Gasteiger partial charge in [-0.1, -0.05) is 32.9 Å². The van der Waals surface area contributed by atoms with Crippen LogP contribution in [0, 0.1) is 0 Å². The van der Waals surface area contributed by atoms with E-state index in [1.165, 1.54) is 4.31 Å². The van der Waals surface area contributed by atoms with Gasteiger partial charge in [-0.3, -0.25) is 4.79 Å². The Labute approximate surface area is 166 Å². The van der Waals surface area contributed by atoms with Gasteiger partial charge in [-0.05, 0) is 23.1 Å². The molecule has 2 aliphatic rings. The van der Waals surface area contributed by atoms with E-state index in [4.69, 9.17) is 4.74 Å². The van der Waals surface area contributed by atoms with Gasteiger partial charge in [-0.15, -0.1) is 0 Å². The normalized spacial score (nSPS) is 19.7. The first kappa shape index (κ1) is 20.8. The van der Waals surface area contributed by atoms with Gasteiger partial charge in [0.15, 0.2) is 6.54 Å². The minimum atomic E-state index is -3.55. The van der Waals surface area contributed by atoms with Gasteiger partial charge in [0.05, 0.1) is 37.6 Å². The number of carbonyl (C=O) groups excluding carboxylic acids is 2. The van der Waals surface area contributed by atoms with E-state index >= 15 is 0 Å². The minimum Gasteiger partial charge on any atom is -0.447 e. The molecule has 0 saturated carbocycles. The van der Waals surface area contributed by atoms with E-state index < -0.39 is 16.1 Å². The molecule has 0 unspecified atom stereocenters. The number of imide groups is 1. The Hall–Kier alpha value is -1.97. The van der Waals surface area contributed by atoms with Crippen LogP contribution in [0.3, 0.4) is 0 Å². The molecule has 2 fully saturated rings. The third-order valence-corrected chi connectivity index (χ3v) is 7.16. The molecule has 9 heteroatoms. The summed E-state index contributed by atoms with van der Waals surface area (Å²) in [5, 5.41) is 0. The van der Waals surface area contributed by atoms with Gasteiger partial charge in [0.2, 0.25) is 10.0 Å². The second-order valence-electron chi connectivity index (χ2n) is 8.26. The van der Waals surface area contributed by atoms with E-state index in [0.29, 0.717) is 31.1 Å². The molecule has 2 amide bonds. The smallest absolute Gasteiger partial charge is 0.416 e. The fourth-order valence-corrected chi connectivity index (χ4v) is 4.87. The van der Waals surface area contributed by atoms with Crippen molar-refractivity contribution in [3.05, 3.63) is 29.8 Å². The van der Waals surface area contributed by atoms with Crippen LogP contribution in [0.5, 0.6) is 0 Å². The Balaban J connectivity index is 1.59. The molecule has 0 radical (unpaired) electrons. The second-order valence-corrected chi connectivity index (χ2v) is 10.2. The number of piperazine rings is 1. The van der Waals surface area contributed by atoms with Crippen molar-refractivity contribution in [3.8, 4) is 0 Å². The fourth-order valence-electron chi connectivity index (χ4n) is 3.42. The maximum Gasteiger partial charge on any atom is 0.416 e. The van der Waals surface area contributed by atoms with Crippen molar-refractivity contribution in [1.82, 2.24) is 9.21 Å². The maximum absolute atomic E-state index is 12.9. The molecule has 0 aliphatic carbocycles. The van der Waals surface area contributed by atoms with E-state index in [0.717, 1.165) is 15.4 Å². The Morgan fingerprint density at radius 1 is 1.11 bits per heavy atom. The maximum atomic E-state index is 12.9. The first-order valence-electron chi connectivity index (χ1n) is 9.50. The number of ether oxygens (including phenoxy) is 1. The second kappa shape index (κ2) is 7.81. The third-order valence-electron chi connectivity index (χ3n) is 5.25. The van der Waals surface area contributed by atoms with E-state index in [1.54, 1.807) is 12.1 Å². The van der Waals surface area contributed by atoms with Crippen LogP contribution >= 0.6 is 0 Å². The molecule has 0 atom stereocenters. The molecule has 2 heterocycles. The zero-order chi connectivity index (χ0) is 20.5. The lowest BCUT2D eigenvalue weighted by molar-refractivity contribution is -0.895. The van der Waals surface area contributed by atoms with Gasteiger partial charge >= 0.3 is 6.09 Å². The van der Waals surface area contributed by atoms with Crippen molar-refractivity contribution in [1.29, 1.82) is 0 Å².